The highest BCUT2D eigenvalue weighted by atomic mass is 35.5. The van der Waals surface area contributed by atoms with E-state index in [1.54, 1.807) is 12.4 Å². The third-order valence-electron chi connectivity index (χ3n) is 7.11. The summed E-state index contributed by atoms with van der Waals surface area (Å²) in [5.74, 6) is 0.613. The van der Waals surface area contributed by atoms with E-state index in [9.17, 15) is 9.90 Å². The summed E-state index contributed by atoms with van der Waals surface area (Å²) in [6.45, 7) is 3.95. The molecule has 1 aliphatic carbocycles. The van der Waals surface area contributed by atoms with Crippen LogP contribution in [0.3, 0.4) is 0 Å². The van der Waals surface area contributed by atoms with Crippen LogP contribution in [0.4, 0.5) is 0 Å². The number of carbonyl (C=O) groups is 1. The van der Waals surface area contributed by atoms with Crippen molar-refractivity contribution in [3.8, 4) is 0 Å². The number of hydrogen-bond donors (Lipinski definition) is 1. The quantitative estimate of drug-likeness (QED) is 0.839. The molecule has 1 N–H and O–H groups in total. The lowest BCUT2D eigenvalue weighted by molar-refractivity contribution is -0.134. The van der Waals surface area contributed by atoms with Gasteiger partial charge in [0, 0.05) is 56.5 Å². The number of halogens is 1. The first-order chi connectivity index (χ1) is 14.1. The molecular formula is C23H26ClN3O2. The molecule has 3 heterocycles. The number of nitrogens with zero attached hydrogens (tertiary/aromatic N) is 3. The van der Waals surface area contributed by atoms with Gasteiger partial charge in [-0.2, -0.15) is 0 Å². The van der Waals surface area contributed by atoms with Gasteiger partial charge < -0.3 is 10.0 Å². The Morgan fingerprint density at radius 1 is 1.17 bits per heavy atom. The molecular weight excluding hydrogens is 386 g/mol. The Kier molecular flexibility index (Phi) is 4.85. The van der Waals surface area contributed by atoms with E-state index < -0.39 is 0 Å². The predicted octanol–water partition coefficient (Wildman–Crippen LogP) is 2.40. The van der Waals surface area contributed by atoms with Crippen molar-refractivity contribution >= 4 is 17.5 Å². The van der Waals surface area contributed by atoms with E-state index in [0.717, 1.165) is 44.6 Å². The van der Waals surface area contributed by atoms with Crippen molar-refractivity contribution < 1.29 is 9.90 Å². The van der Waals surface area contributed by atoms with Crippen LogP contribution < -0.4 is 0 Å². The molecule has 0 bridgehead atoms. The number of rotatable bonds is 4. The van der Waals surface area contributed by atoms with E-state index in [2.05, 4.69) is 34.1 Å². The maximum atomic E-state index is 13.2. The van der Waals surface area contributed by atoms with Crippen LogP contribution in [-0.2, 0) is 24.2 Å². The van der Waals surface area contributed by atoms with Gasteiger partial charge in [-0.1, -0.05) is 35.9 Å². The van der Waals surface area contributed by atoms with Crippen LogP contribution in [0.2, 0.25) is 5.02 Å². The number of aliphatic hydroxyl groups is 1. The Labute approximate surface area is 176 Å². The van der Waals surface area contributed by atoms with E-state index in [1.165, 1.54) is 11.1 Å². The average molecular weight is 412 g/mol. The fourth-order valence-corrected chi connectivity index (χ4v) is 5.75. The fraction of sp³-hybridized carbons (Fsp3) is 0.478. The largest absolute Gasteiger partial charge is 0.396 e. The van der Waals surface area contributed by atoms with Crippen molar-refractivity contribution in [3.05, 3.63) is 64.4 Å². The lowest BCUT2D eigenvalue weighted by Crippen LogP contribution is -2.41. The first-order valence-electron chi connectivity index (χ1n) is 10.4. The molecule has 152 valence electrons. The first-order valence-corrected chi connectivity index (χ1v) is 10.7. The SMILES string of the molecule is O=C(C1Cc2ccccc2C1)N1CC2CN(Cc3ccncc3Cl)CC2(CO)C1. The van der Waals surface area contributed by atoms with E-state index in [4.69, 9.17) is 11.6 Å². The van der Waals surface area contributed by atoms with Gasteiger partial charge in [-0.25, -0.2) is 0 Å². The average Bonchev–Trinajstić information content (AvgIpc) is 3.39. The van der Waals surface area contributed by atoms with Crippen LogP contribution >= 0.6 is 11.6 Å². The minimum Gasteiger partial charge on any atom is -0.396 e. The van der Waals surface area contributed by atoms with Crippen molar-refractivity contribution in [1.82, 2.24) is 14.8 Å². The maximum Gasteiger partial charge on any atom is 0.226 e. The van der Waals surface area contributed by atoms with Crippen molar-refractivity contribution in [2.75, 3.05) is 32.8 Å². The zero-order valence-electron chi connectivity index (χ0n) is 16.4. The van der Waals surface area contributed by atoms with Gasteiger partial charge in [-0.15, -0.1) is 0 Å². The molecule has 0 spiro atoms. The molecule has 1 aromatic heterocycles. The van der Waals surface area contributed by atoms with Crippen LogP contribution in [0.1, 0.15) is 16.7 Å². The highest BCUT2D eigenvalue weighted by molar-refractivity contribution is 6.31. The zero-order valence-corrected chi connectivity index (χ0v) is 17.2. The summed E-state index contributed by atoms with van der Waals surface area (Å²) >= 11 is 6.28. The van der Waals surface area contributed by atoms with Crippen molar-refractivity contribution in [1.29, 1.82) is 0 Å². The summed E-state index contributed by atoms with van der Waals surface area (Å²) in [4.78, 5) is 21.7. The normalized spacial score (nSPS) is 26.7. The molecule has 1 amide bonds. The number of carbonyl (C=O) groups excluding carboxylic acids is 1. The third kappa shape index (κ3) is 3.35. The molecule has 0 radical (unpaired) electrons. The smallest absolute Gasteiger partial charge is 0.226 e. The maximum absolute atomic E-state index is 13.2. The van der Waals surface area contributed by atoms with E-state index in [-0.39, 0.29) is 23.8 Å². The number of pyridine rings is 1. The minimum atomic E-state index is -0.222. The Morgan fingerprint density at radius 2 is 1.93 bits per heavy atom. The number of likely N-dealkylation sites (tertiary alicyclic amines) is 2. The molecule has 2 aromatic rings. The number of benzene rings is 1. The highest BCUT2D eigenvalue weighted by Crippen LogP contribution is 2.44. The molecule has 2 aliphatic heterocycles. The van der Waals surface area contributed by atoms with Gasteiger partial charge in [-0.05, 0) is 41.5 Å². The molecule has 5 rings (SSSR count). The van der Waals surface area contributed by atoms with E-state index >= 15 is 0 Å². The van der Waals surface area contributed by atoms with Crippen LogP contribution in [0.5, 0.6) is 0 Å². The molecule has 2 unspecified atom stereocenters. The summed E-state index contributed by atoms with van der Waals surface area (Å²) in [5, 5.41) is 11.0. The number of hydrogen-bond acceptors (Lipinski definition) is 4. The van der Waals surface area contributed by atoms with Gasteiger partial charge >= 0.3 is 0 Å². The summed E-state index contributed by atoms with van der Waals surface area (Å²) in [6.07, 6.45) is 5.12. The van der Waals surface area contributed by atoms with Crippen molar-refractivity contribution in [2.45, 2.75) is 19.4 Å². The summed E-state index contributed by atoms with van der Waals surface area (Å²) < 4.78 is 0. The number of aliphatic hydroxyl groups excluding tert-OH is 1. The van der Waals surface area contributed by atoms with Gasteiger partial charge in [0.2, 0.25) is 5.91 Å². The number of fused-ring (bicyclic) bond motifs is 2. The van der Waals surface area contributed by atoms with Crippen LogP contribution in [0, 0.1) is 17.3 Å². The second-order valence-electron chi connectivity index (χ2n) is 8.95. The molecule has 2 atom stereocenters. The standard InChI is InChI=1S/C23H26ClN3O2/c24-21-9-25-6-5-18(21)10-26-11-20-12-27(14-23(20,13-26)15-28)22(29)19-7-16-3-1-2-4-17(16)8-19/h1-6,9,19-20,28H,7-8,10-15H2. The topological polar surface area (TPSA) is 56.7 Å². The molecule has 0 saturated carbocycles. The number of aromatic nitrogens is 1. The molecule has 5 nitrogen and oxygen atoms in total. The highest BCUT2D eigenvalue weighted by Gasteiger charge is 2.53. The zero-order chi connectivity index (χ0) is 20.0. The Balaban J connectivity index is 1.25. The monoisotopic (exact) mass is 411 g/mol. The van der Waals surface area contributed by atoms with Gasteiger partial charge in [0.05, 0.1) is 11.6 Å². The van der Waals surface area contributed by atoms with Crippen molar-refractivity contribution in [3.63, 3.8) is 0 Å². The van der Waals surface area contributed by atoms with Gasteiger partial charge in [-0.3, -0.25) is 14.7 Å². The molecule has 6 heteroatoms. The molecule has 2 saturated heterocycles. The van der Waals surface area contributed by atoms with Gasteiger partial charge in [0.1, 0.15) is 0 Å². The first kappa shape index (κ1) is 19.0. The second-order valence-corrected chi connectivity index (χ2v) is 9.35. The van der Waals surface area contributed by atoms with Crippen LogP contribution in [-0.4, -0.2) is 58.6 Å². The lowest BCUT2D eigenvalue weighted by atomic mass is 9.82. The lowest BCUT2D eigenvalue weighted by Gasteiger charge is -2.28. The molecule has 2 fully saturated rings. The summed E-state index contributed by atoms with van der Waals surface area (Å²) in [7, 11) is 0. The Bertz CT molecular complexity index is 911. The third-order valence-corrected chi connectivity index (χ3v) is 7.45. The minimum absolute atomic E-state index is 0.0497. The van der Waals surface area contributed by atoms with Gasteiger partial charge in [0.25, 0.3) is 0 Å². The van der Waals surface area contributed by atoms with Crippen LogP contribution in [0.15, 0.2) is 42.7 Å². The molecule has 1 aromatic carbocycles. The Hall–Kier alpha value is -1.95. The van der Waals surface area contributed by atoms with E-state index in [0.29, 0.717) is 17.5 Å². The van der Waals surface area contributed by atoms with E-state index in [1.807, 2.05) is 11.0 Å². The fourth-order valence-electron chi connectivity index (χ4n) is 5.57. The summed E-state index contributed by atoms with van der Waals surface area (Å²) in [6, 6.07) is 10.3. The second kappa shape index (κ2) is 7.38. The van der Waals surface area contributed by atoms with Gasteiger partial charge in [0.15, 0.2) is 0 Å². The van der Waals surface area contributed by atoms with Crippen LogP contribution in [0.25, 0.3) is 0 Å². The van der Waals surface area contributed by atoms with Crippen molar-refractivity contribution in [2.24, 2.45) is 17.3 Å². The number of amides is 1. The molecule has 3 aliphatic rings. The molecule has 29 heavy (non-hydrogen) atoms. The Morgan fingerprint density at radius 3 is 2.59 bits per heavy atom. The summed E-state index contributed by atoms with van der Waals surface area (Å²) in [5.41, 5.74) is 3.46. The predicted molar refractivity (Wildman–Crippen MR) is 111 cm³/mol.